The van der Waals surface area contributed by atoms with Crippen molar-refractivity contribution in [2.45, 2.75) is 49.0 Å². The van der Waals surface area contributed by atoms with Crippen molar-refractivity contribution in [3.05, 3.63) is 33.8 Å². The van der Waals surface area contributed by atoms with E-state index in [1.165, 1.54) is 5.56 Å². The Bertz CT molecular complexity index is 590. The van der Waals surface area contributed by atoms with Gasteiger partial charge in [-0.2, -0.15) is 0 Å². The smallest absolute Gasteiger partial charge is 0.179 e. The Hall–Kier alpha value is -0.620. The predicted molar refractivity (Wildman–Crippen MR) is 86.8 cm³/mol. The third-order valence-electron chi connectivity index (χ3n) is 2.55. The summed E-state index contributed by atoms with van der Waals surface area (Å²) < 4.78 is 0.924. The molecule has 0 radical (unpaired) electrons. The Balaban J connectivity index is 2.22. The van der Waals surface area contributed by atoms with Crippen LogP contribution >= 0.6 is 34.7 Å². The molecule has 1 aromatic carbocycles. The van der Waals surface area contributed by atoms with E-state index in [0.717, 1.165) is 25.8 Å². The molecule has 0 aliphatic heterocycles. The van der Waals surface area contributed by atoms with Crippen LogP contribution in [-0.4, -0.2) is 15.7 Å². The van der Waals surface area contributed by atoms with E-state index in [-0.39, 0.29) is 5.54 Å². The molecule has 1 heterocycles. The zero-order valence-electron chi connectivity index (χ0n) is 12.0. The minimum atomic E-state index is 0.0730. The molecule has 0 aliphatic rings. The molecule has 0 atom stereocenters. The molecule has 0 saturated heterocycles. The lowest BCUT2D eigenvalue weighted by Crippen LogP contribution is -2.35. The first-order valence-electron chi connectivity index (χ1n) is 6.35. The summed E-state index contributed by atoms with van der Waals surface area (Å²) in [6.07, 6.45) is 0. The van der Waals surface area contributed by atoms with Crippen molar-refractivity contribution in [1.29, 1.82) is 0 Å². The SMILES string of the molecule is Cc1nnc(Sc2c(Cl)cccc2CNC(C)(C)C)s1. The first-order chi connectivity index (χ1) is 9.35. The molecular weight excluding hydrogens is 310 g/mol. The summed E-state index contributed by atoms with van der Waals surface area (Å²) in [7, 11) is 0. The van der Waals surface area contributed by atoms with Crippen LogP contribution in [0.1, 0.15) is 31.3 Å². The molecule has 3 nitrogen and oxygen atoms in total. The zero-order chi connectivity index (χ0) is 14.8. The molecule has 108 valence electrons. The number of aromatic nitrogens is 2. The summed E-state index contributed by atoms with van der Waals surface area (Å²) in [5.41, 5.74) is 1.26. The summed E-state index contributed by atoms with van der Waals surface area (Å²) in [6, 6.07) is 6.00. The predicted octanol–water partition coefficient (Wildman–Crippen LogP) is 4.54. The molecule has 6 heteroatoms. The normalized spacial score (nSPS) is 11.8. The summed E-state index contributed by atoms with van der Waals surface area (Å²) in [4.78, 5) is 1.06. The second kappa shape index (κ2) is 6.43. The van der Waals surface area contributed by atoms with Gasteiger partial charge in [-0.15, -0.1) is 10.2 Å². The molecule has 20 heavy (non-hydrogen) atoms. The Kier molecular flexibility index (Phi) is 5.07. The number of nitrogens with zero attached hydrogens (tertiary/aromatic N) is 2. The van der Waals surface area contributed by atoms with Crippen LogP contribution in [0.2, 0.25) is 5.02 Å². The first kappa shape index (κ1) is 15.8. The summed E-state index contributed by atoms with van der Waals surface area (Å²) in [5.74, 6) is 0. The molecule has 0 spiro atoms. The lowest BCUT2D eigenvalue weighted by molar-refractivity contribution is 0.422. The molecule has 0 unspecified atom stereocenters. The van der Waals surface area contributed by atoms with E-state index in [4.69, 9.17) is 11.6 Å². The van der Waals surface area contributed by atoms with Crippen molar-refractivity contribution in [2.24, 2.45) is 0 Å². The Morgan fingerprint density at radius 3 is 2.65 bits per heavy atom. The maximum absolute atomic E-state index is 6.34. The van der Waals surface area contributed by atoms with Crippen LogP contribution in [0.3, 0.4) is 0 Å². The van der Waals surface area contributed by atoms with Crippen LogP contribution in [0.15, 0.2) is 27.4 Å². The van der Waals surface area contributed by atoms with Crippen molar-refractivity contribution in [3.63, 3.8) is 0 Å². The quantitative estimate of drug-likeness (QED) is 0.894. The first-order valence-corrected chi connectivity index (χ1v) is 8.36. The molecule has 0 fully saturated rings. The molecule has 1 aromatic heterocycles. The Labute approximate surface area is 133 Å². The average Bonchev–Trinajstić information content (AvgIpc) is 2.75. The van der Waals surface area contributed by atoms with Gasteiger partial charge in [0.25, 0.3) is 0 Å². The van der Waals surface area contributed by atoms with Crippen molar-refractivity contribution in [2.75, 3.05) is 0 Å². The standard InChI is InChI=1S/C14H18ClN3S2/c1-9-17-18-13(19-9)20-12-10(6-5-7-11(12)15)8-16-14(2,3)4/h5-7,16H,8H2,1-4H3. The fraction of sp³-hybridized carbons (Fsp3) is 0.429. The number of halogens is 1. The van der Waals surface area contributed by atoms with E-state index >= 15 is 0 Å². The number of hydrogen-bond donors (Lipinski definition) is 1. The molecule has 0 bridgehead atoms. The van der Waals surface area contributed by atoms with Crippen molar-refractivity contribution >= 4 is 34.7 Å². The van der Waals surface area contributed by atoms with Gasteiger partial charge in [-0.05, 0) is 39.3 Å². The highest BCUT2D eigenvalue weighted by molar-refractivity contribution is 8.01. The van der Waals surface area contributed by atoms with Gasteiger partial charge in [0.2, 0.25) is 0 Å². The van der Waals surface area contributed by atoms with E-state index < -0.39 is 0 Å². The highest BCUT2D eigenvalue weighted by atomic mass is 35.5. The third-order valence-corrected chi connectivity index (χ3v) is 5.06. The monoisotopic (exact) mass is 327 g/mol. The summed E-state index contributed by atoms with van der Waals surface area (Å²) in [6.45, 7) is 9.19. The molecule has 1 N–H and O–H groups in total. The molecule has 2 rings (SSSR count). The highest BCUT2D eigenvalue weighted by Gasteiger charge is 2.14. The van der Waals surface area contributed by atoms with E-state index in [1.807, 2.05) is 19.1 Å². The van der Waals surface area contributed by atoms with Crippen LogP contribution in [0, 0.1) is 6.92 Å². The maximum atomic E-state index is 6.34. The molecule has 0 aliphatic carbocycles. The summed E-state index contributed by atoms with van der Waals surface area (Å²) >= 11 is 9.51. The molecule has 2 aromatic rings. The van der Waals surface area contributed by atoms with Crippen LogP contribution in [0.25, 0.3) is 0 Å². The fourth-order valence-corrected chi connectivity index (χ4v) is 3.77. The second-order valence-corrected chi connectivity index (χ2v) is 8.37. The van der Waals surface area contributed by atoms with Crippen LogP contribution < -0.4 is 5.32 Å². The lowest BCUT2D eigenvalue weighted by atomic mass is 10.1. The van der Waals surface area contributed by atoms with E-state index in [2.05, 4.69) is 42.4 Å². The van der Waals surface area contributed by atoms with Crippen molar-refractivity contribution in [1.82, 2.24) is 15.5 Å². The van der Waals surface area contributed by atoms with Gasteiger partial charge in [0.1, 0.15) is 5.01 Å². The van der Waals surface area contributed by atoms with E-state index in [0.29, 0.717) is 0 Å². The number of aryl methyl sites for hydroxylation is 1. The largest absolute Gasteiger partial charge is 0.308 e. The van der Waals surface area contributed by atoms with Crippen LogP contribution in [0.4, 0.5) is 0 Å². The van der Waals surface area contributed by atoms with Crippen molar-refractivity contribution < 1.29 is 0 Å². The molecule has 0 saturated carbocycles. The Morgan fingerprint density at radius 1 is 1.30 bits per heavy atom. The highest BCUT2D eigenvalue weighted by Crippen LogP contribution is 2.37. The van der Waals surface area contributed by atoms with E-state index in [1.54, 1.807) is 23.1 Å². The van der Waals surface area contributed by atoms with Crippen LogP contribution in [0.5, 0.6) is 0 Å². The zero-order valence-corrected chi connectivity index (χ0v) is 14.4. The Morgan fingerprint density at radius 2 is 2.05 bits per heavy atom. The number of rotatable bonds is 4. The second-order valence-electron chi connectivity index (χ2n) is 5.52. The fourth-order valence-electron chi connectivity index (χ4n) is 1.57. The number of benzene rings is 1. The van der Waals surface area contributed by atoms with Gasteiger partial charge < -0.3 is 5.32 Å². The van der Waals surface area contributed by atoms with Gasteiger partial charge in [-0.25, -0.2) is 0 Å². The van der Waals surface area contributed by atoms with Crippen molar-refractivity contribution in [3.8, 4) is 0 Å². The summed E-state index contributed by atoms with van der Waals surface area (Å²) in [5, 5.41) is 13.4. The van der Waals surface area contributed by atoms with Gasteiger partial charge in [-0.3, -0.25) is 0 Å². The van der Waals surface area contributed by atoms with Gasteiger partial charge in [-0.1, -0.05) is 46.8 Å². The maximum Gasteiger partial charge on any atom is 0.179 e. The molecular formula is C14H18ClN3S2. The van der Waals surface area contributed by atoms with E-state index in [9.17, 15) is 0 Å². The average molecular weight is 328 g/mol. The lowest BCUT2D eigenvalue weighted by Gasteiger charge is -2.21. The number of hydrogen-bond acceptors (Lipinski definition) is 5. The van der Waals surface area contributed by atoms with Gasteiger partial charge in [0.15, 0.2) is 4.34 Å². The third kappa shape index (κ3) is 4.45. The minimum Gasteiger partial charge on any atom is -0.308 e. The topological polar surface area (TPSA) is 37.8 Å². The number of nitrogens with one attached hydrogen (secondary N) is 1. The van der Waals surface area contributed by atoms with Gasteiger partial charge in [0.05, 0.1) is 5.02 Å². The van der Waals surface area contributed by atoms with Gasteiger partial charge in [0, 0.05) is 17.0 Å². The van der Waals surface area contributed by atoms with Gasteiger partial charge >= 0.3 is 0 Å². The minimum absolute atomic E-state index is 0.0730. The van der Waals surface area contributed by atoms with Crippen LogP contribution in [-0.2, 0) is 6.54 Å². The molecule has 0 amide bonds.